The van der Waals surface area contributed by atoms with Crippen molar-refractivity contribution in [1.82, 2.24) is 9.97 Å². The monoisotopic (exact) mass is 297 g/mol. The fourth-order valence-electron chi connectivity index (χ4n) is 1.73. The lowest BCUT2D eigenvalue weighted by molar-refractivity contribution is 0.415. The molecular formula is C13H13Cl2N3O. The van der Waals surface area contributed by atoms with Crippen molar-refractivity contribution in [3.05, 3.63) is 41.3 Å². The van der Waals surface area contributed by atoms with Gasteiger partial charge in [0, 0.05) is 24.4 Å². The van der Waals surface area contributed by atoms with Crippen LogP contribution in [0, 0.1) is 0 Å². The summed E-state index contributed by atoms with van der Waals surface area (Å²) >= 11 is 11.9. The summed E-state index contributed by atoms with van der Waals surface area (Å²) in [6, 6.07) is 7.66. The minimum Gasteiger partial charge on any atom is -0.497 e. The maximum absolute atomic E-state index is 6.03. The normalized spacial score (nSPS) is 10.3. The van der Waals surface area contributed by atoms with Crippen LogP contribution >= 0.6 is 23.2 Å². The second-order valence-electron chi connectivity index (χ2n) is 3.86. The lowest BCUT2D eigenvalue weighted by Gasteiger charge is -2.21. The summed E-state index contributed by atoms with van der Waals surface area (Å²) in [7, 11) is 3.52. The molecule has 1 aromatic heterocycles. The van der Waals surface area contributed by atoms with Crippen LogP contribution in [-0.4, -0.2) is 24.1 Å². The zero-order chi connectivity index (χ0) is 13.8. The van der Waals surface area contributed by atoms with Gasteiger partial charge in [-0.2, -0.15) is 0 Å². The van der Waals surface area contributed by atoms with Gasteiger partial charge in [-0.3, -0.25) is 0 Å². The van der Waals surface area contributed by atoms with E-state index >= 15 is 0 Å². The number of rotatable bonds is 4. The predicted molar refractivity (Wildman–Crippen MR) is 77.7 cm³/mol. The van der Waals surface area contributed by atoms with Crippen molar-refractivity contribution in [3.8, 4) is 5.75 Å². The molecule has 0 amide bonds. The number of methoxy groups -OCH3 is 1. The Bertz CT molecular complexity index is 578. The molecule has 0 radical (unpaired) electrons. The molecule has 2 aromatic rings. The molecule has 0 saturated carbocycles. The molecule has 0 fully saturated rings. The smallest absolute Gasteiger partial charge is 0.142 e. The minimum absolute atomic E-state index is 0.253. The average molecular weight is 298 g/mol. The molecule has 1 heterocycles. The number of aromatic nitrogens is 2. The summed E-state index contributed by atoms with van der Waals surface area (Å²) < 4.78 is 5.21. The molecule has 19 heavy (non-hydrogen) atoms. The maximum atomic E-state index is 6.03. The zero-order valence-electron chi connectivity index (χ0n) is 10.6. The number of ether oxygens (including phenoxy) is 1. The van der Waals surface area contributed by atoms with Gasteiger partial charge in [0.1, 0.15) is 23.0 Å². The van der Waals surface area contributed by atoms with E-state index in [1.54, 1.807) is 7.11 Å². The van der Waals surface area contributed by atoms with Gasteiger partial charge in [-0.25, -0.2) is 9.97 Å². The molecule has 0 bridgehead atoms. The molecule has 0 atom stereocenters. The zero-order valence-corrected chi connectivity index (χ0v) is 12.1. The number of anilines is 2. The highest BCUT2D eigenvalue weighted by Crippen LogP contribution is 2.30. The van der Waals surface area contributed by atoms with E-state index in [9.17, 15) is 0 Å². The summed E-state index contributed by atoms with van der Waals surface area (Å²) in [5.74, 6) is 1.71. The van der Waals surface area contributed by atoms with E-state index in [1.807, 2.05) is 36.2 Å². The first kappa shape index (κ1) is 13.9. The van der Waals surface area contributed by atoms with E-state index in [4.69, 9.17) is 27.9 Å². The Labute approximate surface area is 122 Å². The standard InChI is InChI=1S/C13H13Cl2N3O/c1-18(9-4-3-5-10(6-9)19-2)13-11(7-14)12(15)16-8-17-13/h3-6,8H,7H2,1-2H3. The highest BCUT2D eigenvalue weighted by atomic mass is 35.5. The minimum atomic E-state index is 0.253. The molecular weight excluding hydrogens is 285 g/mol. The maximum Gasteiger partial charge on any atom is 0.142 e. The van der Waals surface area contributed by atoms with Crippen molar-refractivity contribution in [2.24, 2.45) is 0 Å². The fraction of sp³-hybridized carbons (Fsp3) is 0.231. The number of alkyl halides is 1. The van der Waals surface area contributed by atoms with Crippen LogP contribution in [0.2, 0.25) is 5.15 Å². The first-order chi connectivity index (χ1) is 9.17. The van der Waals surface area contributed by atoms with Crippen LogP contribution < -0.4 is 9.64 Å². The van der Waals surface area contributed by atoms with Crippen LogP contribution in [0.15, 0.2) is 30.6 Å². The number of halogens is 2. The topological polar surface area (TPSA) is 38.2 Å². The Balaban J connectivity index is 2.43. The van der Waals surface area contributed by atoms with Gasteiger partial charge in [0.15, 0.2) is 0 Å². The lowest BCUT2D eigenvalue weighted by atomic mass is 10.2. The Morgan fingerprint density at radius 3 is 2.79 bits per heavy atom. The van der Waals surface area contributed by atoms with Crippen LogP contribution in [0.4, 0.5) is 11.5 Å². The summed E-state index contributed by atoms with van der Waals surface area (Å²) in [5, 5.41) is 0.370. The van der Waals surface area contributed by atoms with Gasteiger partial charge in [-0.1, -0.05) is 17.7 Å². The van der Waals surface area contributed by atoms with Gasteiger partial charge in [0.25, 0.3) is 0 Å². The van der Waals surface area contributed by atoms with E-state index < -0.39 is 0 Å². The van der Waals surface area contributed by atoms with Crippen LogP contribution in [-0.2, 0) is 5.88 Å². The SMILES string of the molecule is COc1cccc(N(C)c2ncnc(Cl)c2CCl)c1. The quantitative estimate of drug-likeness (QED) is 0.638. The van der Waals surface area contributed by atoms with Crippen molar-refractivity contribution in [2.75, 3.05) is 19.1 Å². The first-order valence-electron chi connectivity index (χ1n) is 5.60. The van der Waals surface area contributed by atoms with Crippen LogP contribution in [0.3, 0.4) is 0 Å². The van der Waals surface area contributed by atoms with E-state index in [0.29, 0.717) is 16.5 Å². The number of hydrogen-bond donors (Lipinski definition) is 0. The van der Waals surface area contributed by atoms with Crippen molar-refractivity contribution in [2.45, 2.75) is 5.88 Å². The average Bonchev–Trinajstić information content (AvgIpc) is 2.46. The Kier molecular flexibility index (Phi) is 4.45. The third kappa shape index (κ3) is 2.91. The second-order valence-corrected chi connectivity index (χ2v) is 4.49. The first-order valence-corrected chi connectivity index (χ1v) is 6.51. The Hall–Kier alpha value is -1.52. The molecule has 1 aromatic carbocycles. The largest absolute Gasteiger partial charge is 0.497 e. The summed E-state index contributed by atoms with van der Waals surface area (Å²) in [5.41, 5.74) is 1.64. The molecule has 0 spiro atoms. The van der Waals surface area contributed by atoms with Crippen LogP contribution in [0.1, 0.15) is 5.56 Å². The molecule has 2 rings (SSSR count). The van der Waals surface area contributed by atoms with Gasteiger partial charge in [0.2, 0.25) is 0 Å². The molecule has 4 nitrogen and oxygen atoms in total. The number of benzene rings is 1. The van der Waals surface area contributed by atoms with E-state index in [-0.39, 0.29) is 5.88 Å². The highest BCUT2D eigenvalue weighted by molar-refractivity contribution is 6.31. The predicted octanol–water partition coefficient (Wildman–Crippen LogP) is 3.65. The third-order valence-electron chi connectivity index (χ3n) is 2.76. The van der Waals surface area contributed by atoms with Crippen molar-refractivity contribution in [3.63, 3.8) is 0 Å². The summed E-state index contributed by atoms with van der Waals surface area (Å²) in [6.45, 7) is 0. The molecule has 100 valence electrons. The lowest BCUT2D eigenvalue weighted by Crippen LogP contribution is -2.14. The third-order valence-corrected chi connectivity index (χ3v) is 3.35. The number of nitrogens with zero attached hydrogens (tertiary/aromatic N) is 3. The fourth-order valence-corrected chi connectivity index (χ4v) is 2.24. The van der Waals surface area contributed by atoms with Crippen molar-refractivity contribution < 1.29 is 4.74 Å². The Morgan fingerprint density at radius 2 is 2.11 bits per heavy atom. The van der Waals surface area contributed by atoms with Crippen LogP contribution in [0.5, 0.6) is 5.75 Å². The van der Waals surface area contributed by atoms with Gasteiger partial charge in [-0.15, -0.1) is 11.6 Å². The molecule has 6 heteroatoms. The molecule has 0 aliphatic heterocycles. The van der Waals surface area contributed by atoms with Gasteiger partial charge < -0.3 is 9.64 Å². The Morgan fingerprint density at radius 1 is 1.32 bits per heavy atom. The van der Waals surface area contributed by atoms with Crippen molar-refractivity contribution in [1.29, 1.82) is 0 Å². The van der Waals surface area contributed by atoms with Crippen molar-refractivity contribution >= 4 is 34.7 Å². The molecule has 0 saturated heterocycles. The van der Waals surface area contributed by atoms with E-state index in [1.165, 1.54) is 6.33 Å². The van der Waals surface area contributed by atoms with E-state index in [0.717, 1.165) is 11.4 Å². The highest BCUT2D eigenvalue weighted by Gasteiger charge is 2.14. The van der Waals surface area contributed by atoms with Crippen LogP contribution in [0.25, 0.3) is 0 Å². The van der Waals surface area contributed by atoms with E-state index in [2.05, 4.69) is 9.97 Å². The molecule has 0 unspecified atom stereocenters. The van der Waals surface area contributed by atoms with Gasteiger partial charge in [-0.05, 0) is 12.1 Å². The summed E-state index contributed by atoms with van der Waals surface area (Å²) in [6.07, 6.45) is 1.42. The summed E-state index contributed by atoms with van der Waals surface area (Å²) in [4.78, 5) is 10.1. The number of hydrogen-bond acceptors (Lipinski definition) is 4. The molecule has 0 aliphatic carbocycles. The molecule has 0 N–H and O–H groups in total. The molecule has 0 aliphatic rings. The second kappa shape index (κ2) is 6.08. The van der Waals surface area contributed by atoms with Gasteiger partial charge in [0.05, 0.1) is 13.0 Å². The van der Waals surface area contributed by atoms with Gasteiger partial charge >= 0.3 is 0 Å².